The fraction of sp³-hybridized carbons (Fsp3) is 0.400. The standard InChI is InChI=1S/C30H39N4O9P/c1-31(2)15-12-23-19-34(28-16-26(38-5)10-11-27(23)28)20-41-44(37,42-21-39-29(35)24-8-6-13-32(3)17-24)43-22-40-30(36)25-9-7-14-33(4)18-25/h6-7,10-11,13-14,16-19H,8-9,12,15,20-22H2,1-5H3. The average Bonchev–Trinajstić information content (AvgIpc) is 3.35. The van der Waals surface area contributed by atoms with E-state index in [2.05, 4.69) is 4.90 Å². The van der Waals surface area contributed by atoms with Crippen molar-refractivity contribution in [2.75, 3.05) is 55.4 Å². The summed E-state index contributed by atoms with van der Waals surface area (Å²) in [6.07, 6.45) is 13.9. The van der Waals surface area contributed by atoms with E-state index in [9.17, 15) is 14.2 Å². The second-order valence-electron chi connectivity index (χ2n) is 10.4. The van der Waals surface area contributed by atoms with Crippen LogP contribution < -0.4 is 4.74 Å². The van der Waals surface area contributed by atoms with Crippen molar-refractivity contribution < 1.29 is 41.9 Å². The first-order valence-electron chi connectivity index (χ1n) is 13.9. The largest absolute Gasteiger partial charge is 0.497 e. The number of phosphoric ester groups is 1. The van der Waals surface area contributed by atoms with Gasteiger partial charge in [-0.3, -0.25) is 4.52 Å². The number of carbonyl (C=O) groups is 2. The van der Waals surface area contributed by atoms with Gasteiger partial charge in [-0.05, 0) is 50.6 Å². The minimum absolute atomic E-state index is 0.244. The highest BCUT2D eigenvalue weighted by atomic mass is 31.2. The summed E-state index contributed by atoms with van der Waals surface area (Å²) in [5.41, 5.74) is 2.62. The quantitative estimate of drug-likeness (QED) is 0.158. The second-order valence-corrected chi connectivity index (χ2v) is 12.1. The Morgan fingerprint density at radius 3 is 2.02 bits per heavy atom. The highest BCUT2D eigenvalue weighted by Gasteiger charge is 2.30. The number of ether oxygens (including phenoxy) is 3. The molecule has 0 radical (unpaired) electrons. The van der Waals surface area contributed by atoms with E-state index in [4.69, 9.17) is 27.8 Å². The number of hydrogen-bond donors (Lipinski definition) is 0. The van der Waals surface area contributed by atoms with Crippen molar-refractivity contribution >= 4 is 30.7 Å². The third-order valence-corrected chi connectivity index (χ3v) is 8.03. The molecule has 4 rings (SSSR count). The van der Waals surface area contributed by atoms with Gasteiger partial charge in [0.1, 0.15) is 12.5 Å². The molecular weight excluding hydrogens is 591 g/mol. The maximum Gasteiger partial charge on any atom is 0.482 e. The molecule has 14 heteroatoms. The molecule has 2 aliphatic rings. The van der Waals surface area contributed by atoms with Gasteiger partial charge >= 0.3 is 19.8 Å². The molecule has 1 aromatic carbocycles. The topological polar surface area (TPSA) is 121 Å². The second kappa shape index (κ2) is 15.2. The molecule has 0 bridgehead atoms. The van der Waals surface area contributed by atoms with Gasteiger partial charge in [-0.25, -0.2) is 23.2 Å². The Kier molecular flexibility index (Phi) is 11.4. The summed E-state index contributed by atoms with van der Waals surface area (Å²) in [7, 11) is 4.70. The maximum atomic E-state index is 13.7. The van der Waals surface area contributed by atoms with Crippen molar-refractivity contribution in [2.24, 2.45) is 0 Å². The Morgan fingerprint density at radius 1 is 0.909 bits per heavy atom. The van der Waals surface area contributed by atoms with Gasteiger partial charge in [0, 0.05) is 63.5 Å². The number of rotatable bonds is 15. The van der Waals surface area contributed by atoms with Gasteiger partial charge in [0.15, 0.2) is 0 Å². The van der Waals surface area contributed by atoms with E-state index in [1.165, 1.54) is 0 Å². The molecule has 44 heavy (non-hydrogen) atoms. The summed E-state index contributed by atoms with van der Waals surface area (Å²) in [5.74, 6) is -0.648. The molecular formula is C30H39N4O9P. The van der Waals surface area contributed by atoms with Crippen LogP contribution in [0.15, 0.2) is 72.5 Å². The Morgan fingerprint density at radius 2 is 1.50 bits per heavy atom. The number of aromatic nitrogens is 1. The lowest BCUT2D eigenvalue weighted by Crippen LogP contribution is -2.17. The Balaban J connectivity index is 1.47. The number of hydrogen-bond acceptors (Lipinski definition) is 12. The molecule has 0 unspecified atom stereocenters. The Bertz CT molecular complexity index is 1450. The van der Waals surface area contributed by atoms with Gasteiger partial charge in [0.25, 0.3) is 0 Å². The SMILES string of the molecule is COc1ccc2c(CCN(C)C)cn(COP(=O)(OCOC(=O)C3=CN(C)C=CC3)OCOC(=O)C3=CN(C)C=CC3)c2c1. The molecule has 3 heterocycles. The molecule has 0 fully saturated rings. The van der Waals surface area contributed by atoms with Crippen LogP contribution in [-0.4, -0.2) is 86.6 Å². The average molecular weight is 631 g/mol. The number of esters is 2. The van der Waals surface area contributed by atoms with Crippen molar-refractivity contribution in [1.29, 1.82) is 0 Å². The minimum Gasteiger partial charge on any atom is -0.497 e. The number of carbonyl (C=O) groups excluding carboxylic acids is 2. The van der Waals surface area contributed by atoms with Gasteiger partial charge in [0.05, 0.1) is 23.8 Å². The van der Waals surface area contributed by atoms with Crippen molar-refractivity contribution in [3.63, 3.8) is 0 Å². The molecule has 2 aliphatic heterocycles. The van der Waals surface area contributed by atoms with Gasteiger partial charge in [0.2, 0.25) is 13.6 Å². The van der Waals surface area contributed by atoms with Gasteiger partial charge in [-0.15, -0.1) is 0 Å². The number of nitrogens with zero attached hydrogens (tertiary/aromatic N) is 4. The highest BCUT2D eigenvalue weighted by molar-refractivity contribution is 7.48. The number of likely N-dealkylation sites (N-methyl/N-ethyl adjacent to an activating group) is 1. The minimum atomic E-state index is -4.42. The highest BCUT2D eigenvalue weighted by Crippen LogP contribution is 2.50. The summed E-state index contributed by atoms with van der Waals surface area (Å²) in [6, 6.07) is 5.68. The van der Waals surface area contributed by atoms with Gasteiger partial charge < -0.3 is 33.5 Å². The van der Waals surface area contributed by atoms with Crippen molar-refractivity contribution in [1.82, 2.24) is 19.3 Å². The number of methoxy groups -OCH3 is 1. The predicted octanol–water partition coefficient (Wildman–Crippen LogP) is 4.34. The number of allylic oxidation sites excluding steroid dienone is 2. The van der Waals surface area contributed by atoms with Crippen LogP contribution in [0.25, 0.3) is 10.9 Å². The fourth-order valence-corrected chi connectivity index (χ4v) is 5.34. The van der Waals surface area contributed by atoms with E-state index >= 15 is 0 Å². The lowest BCUT2D eigenvalue weighted by atomic mass is 10.1. The van der Waals surface area contributed by atoms with Crippen LogP contribution in [0, 0.1) is 0 Å². The molecule has 0 spiro atoms. The summed E-state index contributed by atoms with van der Waals surface area (Å²) in [4.78, 5) is 30.6. The normalized spacial score (nSPS) is 15.0. The van der Waals surface area contributed by atoms with Crippen LogP contribution in [0.5, 0.6) is 5.75 Å². The first kappa shape index (κ1) is 33.0. The number of fused-ring (bicyclic) bond motifs is 1. The zero-order valence-electron chi connectivity index (χ0n) is 25.6. The van der Waals surface area contributed by atoms with Gasteiger partial charge in [-0.2, -0.15) is 0 Å². The molecule has 0 N–H and O–H groups in total. The van der Waals surface area contributed by atoms with Crippen molar-refractivity contribution in [3.05, 3.63) is 78.1 Å². The smallest absolute Gasteiger partial charge is 0.482 e. The summed E-state index contributed by atoms with van der Waals surface area (Å²) in [6.45, 7) is -0.864. The monoisotopic (exact) mass is 630 g/mol. The summed E-state index contributed by atoms with van der Waals surface area (Å²) < 4.78 is 47.7. The molecule has 0 amide bonds. The van der Waals surface area contributed by atoms with E-state index in [0.717, 1.165) is 29.4 Å². The van der Waals surface area contributed by atoms with E-state index in [-0.39, 0.29) is 6.73 Å². The fourth-order valence-electron chi connectivity index (χ4n) is 4.49. The van der Waals surface area contributed by atoms with Crippen LogP contribution in [0.3, 0.4) is 0 Å². The van der Waals surface area contributed by atoms with Crippen molar-refractivity contribution in [2.45, 2.75) is 26.0 Å². The first-order valence-corrected chi connectivity index (χ1v) is 15.4. The van der Waals surface area contributed by atoms with Gasteiger partial charge in [-0.1, -0.05) is 12.2 Å². The molecule has 0 saturated heterocycles. The number of benzene rings is 1. The lowest BCUT2D eigenvalue weighted by molar-refractivity contribution is -0.149. The molecule has 0 saturated carbocycles. The molecule has 238 valence electrons. The van der Waals surface area contributed by atoms with Crippen molar-refractivity contribution in [3.8, 4) is 5.75 Å². The van der Waals surface area contributed by atoms with Crippen LogP contribution >= 0.6 is 7.82 Å². The van der Waals surface area contributed by atoms with E-state index < -0.39 is 33.3 Å². The molecule has 2 aromatic rings. The summed E-state index contributed by atoms with van der Waals surface area (Å²) in [5, 5.41) is 0.982. The first-order chi connectivity index (χ1) is 21.1. The Hall–Kier alpha value is -3.87. The van der Waals surface area contributed by atoms with E-state index in [1.54, 1.807) is 60.1 Å². The Labute approximate surface area is 257 Å². The third kappa shape index (κ3) is 9.07. The maximum absolute atomic E-state index is 13.7. The lowest BCUT2D eigenvalue weighted by Gasteiger charge is -2.20. The van der Waals surface area contributed by atoms with Crippen LogP contribution in [0.2, 0.25) is 0 Å². The molecule has 0 aliphatic carbocycles. The van der Waals surface area contributed by atoms with E-state index in [0.29, 0.717) is 29.7 Å². The molecule has 1 aromatic heterocycles. The van der Waals surface area contributed by atoms with E-state index in [1.807, 2.05) is 50.9 Å². The number of phosphoric acid groups is 1. The zero-order valence-corrected chi connectivity index (χ0v) is 26.5. The van der Waals surface area contributed by atoms with Crippen LogP contribution in [0.1, 0.15) is 18.4 Å². The molecule has 13 nitrogen and oxygen atoms in total. The van der Waals surface area contributed by atoms with Crippen LogP contribution in [0.4, 0.5) is 0 Å². The summed E-state index contributed by atoms with van der Waals surface area (Å²) >= 11 is 0. The third-order valence-electron chi connectivity index (χ3n) is 6.76. The molecule has 0 atom stereocenters. The zero-order chi connectivity index (χ0) is 31.7. The van der Waals surface area contributed by atoms with Crippen LogP contribution in [-0.2, 0) is 50.4 Å². The predicted molar refractivity (Wildman–Crippen MR) is 163 cm³/mol.